The van der Waals surface area contributed by atoms with E-state index in [0.717, 1.165) is 29.5 Å². The van der Waals surface area contributed by atoms with Crippen LogP contribution in [0.25, 0.3) is 0 Å². The highest BCUT2D eigenvalue weighted by molar-refractivity contribution is 5.92. The average Bonchev–Trinajstić information content (AvgIpc) is 2.75. The summed E-state index contributed by atoms with van der Waals surface area (Å²) >= 11 is 0. The van der Waals surface area contributed by atoms with Gasteiger partial charge in [0.05, 0.1) is 0 Å². The molecule has 0 bridgehead atoms. The third-order valence-electron chi connectivity index (χ3n) is 6.29. The summed E-state index contributed by atoms with van der Waals surface area (Å²) < 4.78 is 5.44. The second-order valence-corrected chi connectivity index (χ2v) is 11.3. The molecule has 204 valence electrons. The number of hydrogen-bond acceptors (Lipinski definition) is 4. The molecule has 0 spiro atoms. The number of nitrogens with zero attached hydrogens (tertiary/aromatic N) is 1. The first kappa shape index (κ1) is 31.5. The molecular formula is C29H49N3O4. The van der Waals surface area contributed by atoms with Crippen molar-refractivity contribution in [2.75, 3.05) is 0 Å². The highest BCUT2D eigenvalue weighted by atomic mass is 16.6. The Bertz CT molecular complexity index is 891. The molecule has 0 heterocycles. The van der Waals surface area contributed by atoms with Gasteiger partial charge in [-0.1, -0.05) is 57.9 Å². The zero-order valence-electron chi connectivity index (χ0n) is 24.3. The van der Waals surface area contributed by atoms with E-state index in [4.69, 9.17) is 4.74 Å². The van der Waals surface area contributed by atoms with Gasteiger partial charge in [0.2, 0.25) is 11.8 Å². The Kier molecular flexibility index (Phi) is 11.9. The molecule has 0 radical (unpaired) electrons. The largest absolute Gasteiger partial charge is 0.444 e. The van der Waals surface area contributed by atoms with Crippen molar-refractivity contribution in [3.8, 4) is 0 Å². The van der Waals surface area contributed by atoms with Crippen LogP contribution in [0.1, 0.15) is 104 Å². The highest BCUT2D eigenvalue weighted by Crippen LogP contribution is 2.30. The van der Waals surface area contributed by atoms with Crippen LogP contribution in [0.5, 0.6) is 0 Å². The smallest absolute Gasteiger partial charge is 0.408 e. The summed E-state index contributed by atoms with van der Waals surface area (Å²) in [4.78, 5) is 42.3. The molecule has 3 amide bonds. The van der Waals surface area contributed by atoms with Gasteiger partial charge in [0, 0.05) is 12.1 Å². The maximum atomic E-state index is 14.2. The van der Waals surface area contributed by atoms with E-state index in [0.29, 0.717) is 6.42 Å². The van der Waals surface area contributed by atoms with Gasteiger partial charge >= 0.3 is 6.09 Å². The van der Waals surface area contributed by atoms with Gasteiger partial charge in [-0.15, -0.1) is 0 Å². The van der Waals surface area contributed by atoms with Gasteiger partial charge in [0.25, 0.3) is 0 Å². The molecule has 0 fully saturated rings. The van der Waals surface area contributed by atoms with Crippen molar-refractivity contribution in [1.29, 1.82) is 0 Å². The van der Waals surface area contributed by atoms with Crippen LogP contribution in [0.3, 0.4) is 0 Å². The van der Waals surface area contributed by atoms with Crippen LogP contribution in [0.15, 0.2) is 18.2 Å². The maximum absolute atomic E-state index is 14.2. The second-order valence-electron chi connectivity index (χ2n) is 11.3. The fourth-order valence-corrected chi connectivity index (χ4v) is 4.20. The molecule has 4 atom stereocenters. The maximum Gasteiger partial charge on any atom is 0.408 e. The minimum Gasteiger partial charge on any atom is -0.444 e. The Hall–Kier alpha value is -2.57. The molecule has 2 N–H and O–H groups in total. The molecular weight excluding hydrogens is 454 g/mol. The van der Waals surface area contributed by atoms with Gasteiger partial charge in [0.1, 0.15) is 17.7 Å². The van der Waals surface area contributed by atoms with Gasteiger partial charge in [-0.2, -0.15) is 0 Å². The van der Waals surface area contributed by atoms with Gasteiger partial charge in [-0.3, -0.25) is 9.59 Å². The van der Waals surface area contributed by atoms with Crippen LogP contribution in [0.2, 0.25) is 0 Å². The Labute approximate surface area is 218 Å². The number of benzene rings is 1. The first-order valence-electron chi connectivity index (χ1n) is 13.3. The molecule has 36 heavy (non-hydrogen) atoms. The number of nitrogens with one attached hydrogen (secondary N) is 2. The lowest BCUT2D eigenvalue weighted by Crippen LogP contribution is -2.57. The van der Waals surface area contributed by atoms with E-state index in [-0.39, 0.29) is 29.8 Å². The molecule has 7 nitrogen and oxygen atoms in total. The minimum absolute atomic E-state index is 0.0233. The standard InChI is InChI=1S/C29H49N3O4/c1-12-14-21(7)30-26(33)25(23-17-19(5)15-16-20(23)6)32(22(8)13-2)27(34)24(18(3)4)31-28(35)36-29(9,10)11/h15-18,21-22,24-25H,12-14H2,1-11H3,(H,30,33)(H,31,35). The fourth-order valence-electron chi connectivity index (χ4n) is 4.20. The first-order chi connectivity index (χ1) is 16.6. The summed E-state index contributed by atoms with van der Waals surface area (Å²) in [5.74, 6) is -0.717. The van der Waals surface area contributed by atoms with Crippen LogP contribution in [-0.4, -0.2) is 46.5 Å². The fraction of sp³-hybridized carbons (Fsp3) is 0.690. The lowest BCUT2D eigenvalue weighted by atomic mass is 9.93. The lowest BCUT2D eigenvalue weighted by Gasteiger charge is -2.40. The van der Waals surface area contributed by atoms with Crippen molar-refractivity contribution in [3.05, 3.63) is 34.9 Å². The molecule has 0 saturated carbocycles. The van der Waals surface area contributed by atoms with Crippen LogP contribution in [-0.2, 0) is 14.3 Å². The number of carbonyl (C=O) groups excluding carboxylic acids is 3. The van der Waals surface area contributed by atoms with Crippen LogP contribution < -0.4 is 10.6 Å². The molecule has 1 aromatic carbocycles. The van der Waals surface area contributed by atoms with Crippen molar-refractivity contribution in [1.82, 2.24) is 15.5 Å². The van der Waals surface area contributed by atoms with Crippen molar-refractivity contribution < 1.29 is 19.1 Å². The molecule has 7 heteroatoms. The molecule has 0 aromatic heterocycles. The van der Waals surface area contributed by atoms with Crippen LogP contribution in [0.4, 0.5) is 4.79 Å². The van der Waals surface area contributed by atoms with Crippen molar-refractivity contribution >= 4 is 17.9 Å². The molecule has 1 aromatic rings. The SMILES string of the molecule is CCCC(C)NC(=O)C(c1cc(C)ccc1C)N(C(=O)C(NC(=O)OC(C)(C)C)C(C)C)C(C)CC. The van der Waals surface area contributed by atoms with Crippen LogP contribution >= 0.6 is 0 Å². The normalized spacial score (nSPS) is 15.0. The third kappa shape index (κ3) is 9.14. The Morgan fingerprint density at radius 3 is 2.11 bits per heavy atom. The van der Waals surface area contributed by atoms with Crippen molar-refractivity contribution in [2.45, 2.75) is 125 Å². The predicted molar refractivity (Wildman–Crippen MR) is 146 cm³/mol. The van der Waals surface area contributed by atoms with Crippen molar-refractivity contribution in [3.63, 3.8) is 0 Å². The number of aryl methyl sites for hydroxylation is 2. The summed E-state index contributed by atoms with van der Waals surface area (Å²) in [5, 5.41) is 5.92. The topological polar surface area (TPSA) is 87.7 Å². The van der Waals surface area contributed by atoms with Gasteiger partial charge < -0.3 is 20.3 Å². The number of carbonyl (C=O) groups is 3. The Morgan fingerprint density at radius 1 is 1.00 bits per heavy atom. The number of hydrogen-bond donors (Lipinski definition) is 2. The summed E-state index contributed by atoms with van der Waals surface area (Å²) in [7, 11) is 0. The van der Waals surface area contributed by atoms with E-state index in [1.807, 2.05) is 66.7 Å². The number of amides is 3. The number of ether oxygens (including phenoxy) is 1. The van der Waals surface area contributed by atoms with E-state index < -0.39 is 23.8 Å². The summed E-state index contributed by atoms with van der Waals surface area (Å²) in [5.41, 5.74) is 2.05. The van der Waals surface area contributed by atoms with E-state index >= 15 is 0 Å². The summed E-state index contributed by atoms with van der Waals surface area (Å²) in [6.07, 6.45) is 1.79. The van der Waals surface area contributed by atoms with E-state index in [1.54, 1.807) is 25.7 Å². The predicted octanol–water partition coefficient (Wildman–Crippen LogP) is 5.83. The van der Waals surface area contributed by atoms with Crippen LogP contribution in [0, 0.1) is 19.8 Å². The monoisotopic (exact) mass is 503 g/mol. The molecule has 0 aliphatic carbocycles. The molecule has 1 rings (SSSR count). The van der Waals surface area contributed by atoms with E-state index in [2.05, 4.69) is 17.6 Å². The molecule has 0 saturated heterocycles. The third-order valence-corrected chi connectivity index (χ3v) is 6.29. The quantitative estimate of drug-likeness (QED) is 0.398. The van der Waals surface area contributed by atoms with Gasteiger partial charge in [0.15, 0.2) is 0 Å². The lowest BCUT2D eigenvalue weighted by molar-refractivity contribution is -0.146. The van der Waals surface area contributed by atoms with Crippen molar-refractivity contribution in [2.24, 2.45) is 5.92 Å². The Morgan fingerprint density at radius 2 is 1.61 bits per heavy atom. The number of alkyl carbamates (subject to hydrolysis) is 1. The Balaban J connectivity index is 3.60. The highest BCUT2D eigenvalue weighted by Gasteiger charge is 2.40. The zero-order valence-corrected chi connectivity index (χ0v) is 24.3. The number of rotatable bonds is 11. The zero-order chi connectivity index (χ0) is 27.8. The molecule has 4 unspecified atom stereocenters. The molecule has 0 aliphatic heterocycles. The van der Waals surface area contributed by atoms with E-state index in [1.165, 1.54) is 0 Å². The van der Waals surface area contributed by atoms with E-state index in [9.17, 15) is 14.4 Å². The molecule has 0 aliphatic rings. The second kappa shape index (κ2) is 13.7. The summed E-state index contributed by atoms with van der Waals surface area (Å²) in [6, 6.07) is 4.04. The van der Waals surface area contributed by atoms with Gasteiger partial charge in [-0.05, 0) is 78.4 Å². The summed E-state index contributed by atoms with van der Waals surface area (Å²) in [6.45, 7) is 21.0. The minimum atomic E-state index is -0.845. The average molecular weight is 504 g/mol. The first-order valence-corrected chi connectivity index (χ1v) is 13.3. The van der Waals surface area contributed by atoms with Gasteiger partial charge in [-0.25, -0.2) is 4.79 Å².